The van der Waals surface area contributed by atoms with Gasteiger partial charge in [0.1, 0.15) is 0 Å². The number of alkyl halides is 3. The average Bonchev–Trinajstić information content (AvgIpc) is 2.34. The van der Waals surface area contributed by atoms with Crippen molar-refractivity contribution in [2.75, 3.05) is 13.2 Å². The molecule has 3 nitrogen and oxygen atoms in total. The highest BCUT2D eigenvalue weighted by Gasteiger charge is 2.34. The third kappa shape index (κ3) is 3.97. The molecule has 0 saturated carbocycles. The minimum Gasteiger partial charge on any atom is -0.379 e. The Morgan fingerprint density at radius 2 is 2.00 bits per heavy atom. The van der Waals surface area contributed by atoms with E-state index < -0.39 is 17.8 Å². The zero-order valence-electron chi connectivity index (χ0n) is 10.1. The van der Waals surface area contributed by atoms with Crippen molar-refractivity contribution < 1.29 is 17.9 Å². The number of benzene rings is 1. The molecule has 0 aliphatic heterocycles. The van der Waals surface area contributed by atoms with E-state index in [0.29, 0.717) is 6.61 Å². The van der Waals surface area contributed by atoms with E-state index in [-0.39, 0.29) is 12.2 Å². The molecule has 1 unspecified atom stereocenters. The number of nitrogens with one attached hydrogen (secondary N) is 1. The van der Waals surface area contributed by atoms with Gasteiger partial charge in [0.25, 0.3) is 0 Å². The Kier molecular flexibility index (Phi) is 5.58. The smallest absolute Gasteiger partial charge is 0.379 e. The van der Waals surface area contributed by atoms with Crippen molar-refractivity contribution in [3.05, 3.63) is 35.4 Å². The van der Waals surface area contributed by atoms with Crippen LogP contribution in [0, 0.1) is 0 Å². The SMILES string of the molecule is CCCOCC(NN)c1ccccc1C(F)(F)F. The number of hydrogen-bond acceptors (Lipinski definition) is 3. The van der Waals surface area contributed by atoms with Crippen LogP contribution in [0.2, 0.25) is 0 Å². The molecule has 1 atom stereocenters. The Hall–Kier alpha value is -1.11. The first-order valence-corrected chi connectivity index (χ1v) is 5.70. The summed E-state index contributed by atoms with van der Waals surface area (Å²) in [5.74, 6) is 5.30. The van der Waals surface area contributed by atoms with E-state index >= 15 is 0 Å². The molecule has 0 bridgehead atoms. The van der Waals surface area contributed by atoms with Crippen LogP contribution in [0.5, 0.6) is 0 Å². The van der Waals surface area contributed by atoms with Gasteiger partial charge in [-0.05, 0) is 18.1 Å². The summed E-state index contributed by atoms with van der Waals surface area (Å²) >= 11 is 0. The third-order valence-electron chi connectivity index (χ3n) is 2.48. The molecule has 1 aromatic carbocycles. The van der Waals surface area contributed by atoms with Crippen LogP contribution < -0.4 is 11.3 Å². The highest BCUT2D eigenvalue weighted by Crippen LogP contribution is 2.34. The fraction of sp³-hybridized carbons (Fsp3) is 0.500. The van der Waals surface area contributed by atoms with E-state index in [2.05, 4.69) is 5.43 Å². The highest BCUT2D eigenvalue weighted by molar-refractivity contribution is 5.32. The lowest BCUT2D eigenvalue weighted by molar-refractivity contribution is -0.138. The van der Waals surface area contributed by atoms with Gasteiger partial charge in [-0.2, -0.15) is 13.2 Å². The molecule has 0 aliphatic carbocycles. The summed E-state index contributed by atoms with van der Waals surface area (Å²) in [4.78, 5) is 0. The van der Waals surface area contributed by atoms with Gasteiger partial charge in [-0.25, -0.2) is 0 Å². The van der Waals surface area contributed by atoms with E-state index in [4.69, 9.17) is 10.6 Å². The predicted octanol–water partition coefficient (Wildman–Crippen LogP) is 2.64. The van der Waals surface area contributed by atoms with Crippen molar-refractivity contribution in [2.45, 2.75) is 25.6 Å². The lowest BCUT2D eigenvalue weighted by atomic mass is 10.0. The van der Waals surface area contributed by atoms with E-state index in [1.807, 2.05) is 6.92 Å². The molecular formula is C12H17F3N2O. The normalized spacial score (nSPS) is 13.6. The van der Waals surface area contributed by atoms with Crippen LogP contribution in [0.1, 0.15) is 30.5 Å². The fourth-order valence-electron chi connectivity index (χ4n) is 1.63. The van der Waals surface area contributed by atoms with Gasteiger partial charge in [0.05, 0.1) is 18.2 Å². The van der Waals surface area contributed by atoms with Crippen LogP contribution in [-0.4, -0.2) is 13.2 Å². The van der Waals surface area contributed by atoms with Gasteiger partial charge >= 0.3 is 6.18 Å². The molecular weight excluding hydrogens is 245 g/mol. The molecule has 3 N–H and O–H groups in total. The quantitative estimate of drug-likeness (QED) is 0.470. The van der Waals surface area contributed by atoms with Gasteiger partial charge in [0, 0.05) is 6.61 Å². The van der Waals surface area contributed by atoms with E-state index in [1.165, 1.54) is 12.1 Å². The number of hydrazine groups is 1. The second kappa shape index (κ2) is 6.72. The van der Waals surface area contributed by atoms with Gasteiger partial charge < -0.3 is 4.74 Å². The molecule has 1 rings (SSSR count). The molecule has 0 aromatic heterocycles. The Morgan fingerprint density at radius 1 is 1.33 bits per heavy atom. The maximum Gasteiger partial charge on any atom is 0.416 e. The molecule has 102 valence electrons. The first-order valence-electron chi connectivity index (χ1n) is 5.70. The Labute approximate surface area is 104 Å². The number of ether oxygens (including phenoxy) is 1. The molecule has 1 aromatic rings. The first kappa shape index (κ1) is 14.9. The van der Waals surface area contributed by atoms with Gasteiger partial charge in [0.2, 0.25) is 0 Å². The number of rotatable bonds is 6. The van der Waals surface area contributed by atoms with Gasteiger partial charge in [-0.1, -0.05) is 25.1 Å². The third-order valence-corrected chi connectivity index (χ3v) is 2.48. The summed E-state index contributed by atoms with van der Waals surface area (Å²) in [5, 5.41) is 0. The molecule has 0 amide bonds. The van der Waals surface area contributed by atoms with Crippen molar-refractivity contribution in [3.63, 3.8) is 0 Å². The molecule has 0 aliphatic rings. The van der Waals surface area contributed by atoms with Crippen molar-refractivity contribution in [2.24, 2.45) is 5.84 Å². The molecule has 18 heavy (non-hydrogen) atoms. The topological polar surface area (TPSA) is 47.3 Å². The van der Waals surface area contributed by atoms with E-state index in [9.17, 15) is 13.2 Å². The molecule has 0 saturated heterocycles. The minimum atomic E-state index is -4.39. The van der Waals surface area contributed by atoms with Gasteiger partial charge in [0.15, 0.2) is 0 Å². The van der Waals surface area contributed by atoms with Crippen molar-refractivity contribution in [1.29, 1.82) is 0 Å². The predicted molar refractivity (Wildman–Crippen MR) is 62.6 cm³/mol. The van der Waals surface area contributed by atoms with Crippen LogP contribution in [0.4, 0.5) is 13.2 Å². The monoisotopic (exact) mass is 262 g/mol. The average molecular weight is 262 g/mol. The van der Waals surface area contributed by atoms with Crippen molar-refractivity contribution in [3.8, 4) is 0 Å². The second-order valence-corrected chi connectivity index (χ2v) is 3.88. The minimum absolute atomic E-state index is 0.101. The van der Waals surface area contributed by atoms with Gasteiger partial charge in [-0.3, -0.25) is 11.3 Å². The Balaban J connectivity index is 2.91. The van der Waals surface area contributed by atoms with Crippen molar-refractivity contribution in [1.82, 2.24) is 5.43 Å². The Morgan fingerprint density at radius 3 is 2.56 bits per heavy atom. The maximum absolute atomic E-state index is 12.8. The molecule has 6 heteroatoms. The summed E-state index contributed by atoms with van der Waals surface area (Å²) in [6.45, 7) is 2.53. The van der Waals surface area contributed by atoms with Crippen LogP contribution in [-0.2, 0) is 10.9 Å². The molecule has 0 spiro atoms. The van der Waals surface area contributed by atoms with E-state index in [0.717, 1.165) is 12.5 Å². The number of nitrogens with two attached hydrogens (primary N) is 1. The fourth-order valence-corrected chi connectivity index (χ4v) is 1.63. The Bertz CT molecular complexity index is 369. The first-order chi connectivity index (χ1) is 8.50. The maximum atomic E-state index is 12.8. The largest absolute Gasteiger partial charge is 0.416 e. The number of hydrogen-bond donors (Lipinski definition) is 2. The number of halogens is 3. The summed E-state index contributed by atoms with van der Waals surface area (Å²) in [6.07, 6.45) is -3.59. The summed E-state index contributed by atoms with van der Waals surface area (Å²) in [5.41, 5.74) is 1.78. The van der Waals surface area contributed by atoms with Crippen LogP contribution in [0.15, 0.2) is 24.3 Å². The second-order valence-electron chi connectivity index (χ2n) is 3.88. The van der Waals surface area contributed by atoms with Crippen LogP contribution >= 0.6 is 0 Å². The van der Waals surface area contributed by atoms with E-state index in [1.54, 1.807) is 6.07 Å². The lowest BCUT2D eigenvalue weighted by Crippen LogP contribution is -2.33. The van der Waals surface area contributed by atoms with Crippen molar-refractivity contribution >= 4 is 0 Å². The summed E-state index contributed by atoms with van der Waals surface area (Å²) in [6, 6.07) is 4.68. The molecule has 0 radical (unpaired) electrons. The van der Waals surface area contributed by atoms with Gasteiger partial charge in [-0.15, -0.1) is 0 Å². The molecule has 0 heterocycles. The standard InChI is InChI=1S/C12H17F3N2O/c1-2-7-18-8-11(17-16)9-5-3-4-6-10(9)12(13,14)15/h3-6,11,17H,2,7-8,16H2,1H3. The van der Waals surface area contributed by atoms with Crippen LogP contribution in [0.25, 0.3) is 0 Å². The van der Waals surface area contributed by atoms with Crippen LogP contribution in [0.3, 0.4) is 0 Å². The summed E-state index contributed by atoms with van der Waals surface area (Å²) < 4.78 is 43.7. The lowest BCUT2D eigenvalue weighted by Gasteiger charge is -2.20. The zero-order valence-corrected chi connectivity index (χ0v) is 10.1. The summed E-state index contributed by atoms with van der Waals surface area (Å²) in [7, 11) is 0. The highest BCUT2D eigenvalue weighted by atomic mass is 19.4. The zero-order chi connectivity index (χ0) is 13.6. The molecule has 0 fully saturated rings.